The van der Waals surface area contributed by atoms with Crippen molar-refractivity contribution in [1.29, 1.82) is 0 Å². The van der Waals surface area contributed by atoms with Crippen molar-refractivity contribution in [3.8, 4) is 5.75 Å². The normalized spacial score (nSPS) is 31.5. The molecular formula is C24H33NO3. The molecule has 28 heavy (non-hydrogen) atoms. The molecule has 1 amide bonds. The third kappa shape index (κ3) is 3.70. The molecular weight excluding hydrogens is 350 g/mol. The first-order valence-corrected chi connectivity index (χ1v) is 10.9. The monoisotopic (exact) mass is 383 g/mol. The van der Waals surface area contributed by atoms with E-state index in [-0.39, 0.29) is 30.6 Å². The number of nitrogens with one attached hydrogen (secondary N) is 1. The molecule has 4 nitrogen and oxygen atoms in total. The average molecular weight is 384 g/mol. The molecule has 4 aliphatic carbocycles. The molecule has 1 aromatic carbocycles. The average Bonchev–Trinajstić information content (AvgIpc) is 2.65. The molecule has 152 valence electrons. The third-order valence-electron chi connectivity index (χ3n) is 7.62. The Labute approximate surface area is 168 Å². The van der Waals surface area contributed by atoms with Gasteiger partial charge in [0.25, 0.3) is 0 Å². The van der Waals surface area contributed by atoms with Gasteiger partial charge in [-0.2, -0.15) is 0 Å². The lowest BCUT2D eigenvalue weighted by atomic mass is 9.48. The van der Waals surface area contributed by atoms with Gasteiger partial charge < -0.3 is 10.1 Å². The van der Waals surface area contributed by atoms with Crippen LogP contribution in [0.5, 0.6) is 5.75 Å². The molecule has 1 aromatic rings. The van der Waals surface area contributed by atoms with Crippen LogP contribution in [0.3, 0.4) is 0 Å². The highest BCUT2D eigenvalue weighted by molar-refractivity contribution is 6.00. The zero-order valence-electron chi connectivity index (χ0n) is 17.4. The number of hydrogen-bond acceptors (Lipinski definition) is 3. The van der Waals surface area contributed by atoms with Gasteiger partial charge >= 0.3 is 0 Å². The first-order chi connectivity index (χ1) is 13.4. The lowest BCUT2D eigenvalue weighted by molar-refractivity contribution is -0.125. The molecule has 1 N–H and O–H groups in total. The maximum absolute atomic E-state index is 12.6. The highest BCUT2D eigenvalue weighted by Gasteiger charge is 2.53. The summed E-state index contributed by atoms with van der Waals surface area (Å²) in [5, 5.41) is 3.26. The van der Waals surface area contributed by atoms with E-state index in [0.29, 0.717) is 16.7 Å². The number of carbonyl (C=O) groups excluding carboxylic acids is 2. The van der Waals surface area contributed by atoms with Gasteiger partial charge in [0.2, 0.25) is 5.91 Å². The van der Waals surface area contributed by atoms with Gasteiger partial charge in [-0.25, -0.2) is 0 Å². The summed E-state index contributed by atoms with van der Waals surface area (Å²) in [5.74, 6) is 3.18. The summed E-state index contributed by atoms with van der Waals surface area (Å²) < 4.78 is 5.31. The van der Waals surface area contributed by atoms with E-state index in [2.05, 4.69) is 12.2 Å². The number of hydrogen-bond donors (Lipinski definition) is 1. The van der Waals surface area contributed by atoms with E-state index in [4.69, 9.17) is 4.74 Å². The SMILES string of the molecule is COc1ccc(C)cc1C(=O)CCC(=O)NC(C)C12CC3CC(CC(C3)C1)C2. The largest absolute Gasteiger partial charge is 0.496 e. The summed E-state index contributed by atoms with van der Waals surface area (Å²) >= 11 is 0. The summed E-state index contributed by atoms with van der Waals surface area (Å²) in [4.78, 5) is 25.2. The summed E-state index contributed by atoms with van der Waals surface area (Å²) in [7, 11) is 1.57. The maximum atomic E-state index is 12.6. The summed E-state index contributed by atoms with van der Waals surface area (Å²) in [6.07, 6.45) is 8.53. The van der Waals surface area contributed by atoms with E-state index < -0.39 is 0 Å². The number of aryl methyl sites for hydroxylation is 1. The molecule has 0 aromatic heterocycles. The van der Waals surface area contributed by atoms with Crippen LogP contribution in [0.1, 0.15) is 74.2 Å². The molecule has 5 rings (SSSR count). The Morgan fingerprint density at radius 2 is 1.71 bits per heavy atom. The Balaban J connectivity index is 1.34. The molecule has 1 atom stereocenters. The minimum atomic E-state index is -0.0295. The first kappa shape index (κ1) is 19.5. The number of ether oxygens (including phenoxy) is 1. The van der Waals surface area contributed by atoms with Crippen molar-refractivity contribution in [2.24, 2.45) is 23.2 Å². The van der Waals surface area contributed by atoms with Crippen LogP contribution in [0, 0.1) is 30.1 Å². The number of benzene rings is 1. The second kappa shape index (κ2) is 7.53. The standard InChI is InChI=1S/C24H33NO3/c1-15-4-6-22(28-3)20(8-15)21(26)5-7-23(27)25-16(2)24-12-17-9-18(13-24)11-19(10-17)14-24/h4,6,8,16-19H,5,7,9-14H2,1-3H3,(H,25,27). The third-order valence-corrected chi connectivity index (χ3v) is 7.62. The highest BCUT2D eigenvalue weighted by atomic mass is 16.5. The van der Waals surface area contributed by atoms with E-state index in [1.54, 1.807) is 7.11 Å². The highest BCUT2D eigenvalue weighted by Crippen LogP contribution is 2.61. The molecule has 0 spiro atoms. The number of methoxy groups -OCH3 is 1. The van der Waals surface area contributed by atoms with Crippen molar-refractivity contribution in [1.82, 2.24) is 5.32 Å². The van der Waals surface area contributed by atoms with Crippen molar-refractivity contribution >= 4 is 11.7 Å². The summed E-state index contributed by atoms with van der Waals surface area (Å²) in [6, 6.07) is 5.79. The minimum Gasteiger partial charge on any atom is -0.496 e. The minimum absolute atomic E-state index is 0.00298. The van der Waals surface area contributed by atoms with Gasteiger partial charge in [-0.05, 0) is 87.7 Å². The predicted molar refractivity (Wildman–Crippen MR) is 110 cm³/mol. The Morgan fingerprint density at radius 3 is 2.29 bits per heavy atom. The molecule has 0 heterocycles. The van der Waals surface area contributed by atoms with Gasteiger partial charge in [0.15, 0.2) is 5.78 Å². The topological polar surface area (TPSA) is 55.4 Å². The number of carbonyl (C=O) groups is 2. The van der Waals surface area contributed by atoms with Crippen LogP contribution in [-0.2, 0) is 4.79 Å². The molecule has 4 aliphatic rings. The number of ketones is 1. The van der Waals surface area contributed by atoms with Crippen molar-refractivity contribution in [2.45, 2.75) is 71.3 Å². The van der Waals surface area contributed by atoms with Crippen LogP contribution in [0.15, 0.2) is 18.2 Å². The van der Waals surface area contributed by atoms with Crippen LogP contribution in [0.4, 0.5) is 0 Å². The first-order valence-electron chi connectivity index (χ1n) is 10.9. The fraction of sp³-hybridized carbons (Fsp3) is 0.667. The summed E-state index contributed by atoms with van der Waals surface area (Å²) in [6.45, 7) is 4.15. The van der Waals surface area contributed by atoms with E-state index in [9.17, 15) is 9.59 Å². The molecule has 0 radical (unpaired) electrons. The number of Topliss-reactive ketones (excluding diaryl/α,β-unsaturated/α-hetero) is 1. The maximum Gasteiger partial charge on any atom is 0.220 e. The van der Waals surface area contributed by atoms with E-state index in [0.717, 1.165) is 23.3 Å². The van der Waals surface area contributed by atoms with E-state index in [1.165, 1.54) is 38.5 Å². The van der Waals surface area contributed by atoms with Crippen molar-refractivity contribution in [3.63, 3.8) is 0 Å². The Morgan fingerprint density at radius 1 is 1.11 bits per heavy atom. The zero-order chi connectivity index (χ0) is 19.9. The smallest absolute Gasteiger partial charge is 0.220 e. The van der Waals surface area contributed by atoms with Gasteiger partial charge in [0.05, 0.1) is 12.7 Å². The lowest BCUT2D eigenvalue weighted by Gasteiger charge is -2.59. The fourth-order valence-corrected chi connectivity index (χ4v) is 6.58. The number of rotatable bonds is 7. The summed E-state index contributed by atoms with van der Waals surface area (Å²) in [5.41, 5.74) is 1.89. The quantitative estimate of drug-likeness (QED) is 0.695. The molecule has 1 unspecified atom stereocenters. The van der Waals surface area contributed by atoms with Crippen LogP contribution in [0.2, 0.25) is 0 Å². The van der Waals surface area contributed by atoms with E-state index in [1.807, 2.05) is 25.1 Å². The van der Waals surface area contributed by atoms with Crippen LogP contribution < -0.4 is 10.1 Å². The van der Waals surface area contributed by atoms with Gasteiger partial charge in [0.1, 0.15) is 5.75 Å². The van der Waals surface area contributed by atoms with E-state index >= 15 is 0 Å². The van der Waals surface area contributed by atoms with Gasteiger partial charge in [0, 0.05) is 18.9 Å². The molecule has 4 heteroatoms. The molecule has 0 aliphatic heterocycles. The Hall–Kier alpha value is -1.84. The van der Waals surface area contributed by atoms with Gasteiger partial charge in [-0.1, -0.05) is 11.6 Å². The second-order valence-corrected chi connectivity index (χ2v) is 9.70. The van der Waals surface area contributed by atoms with Crippen molar-refractivity contribution in [2.75, 3.05) is 7.11 Å². The Bertz CT molecular complexity index is 734. The van der Waals surface area contributed by atoms with Gasteiger partial charge in [-0.15, -0.1) is 0 Å². The second-order valence-electron chi connectivity index (χ2n) is 9.70. The zero-order valence-corrected chi connectivity index (χ0v) is 17.4. The van der Waals surface area contributed by atoms with Crippen molar-refractivity contribution < 1.29 is 14.3 Å². The van der Waals surface area contributed by atoms with Gasteiger partial charge in [-0.3, -0.25) is 9.59 Å². The van der Waals surface area contributed by atoms with Crippen LogP contribution in [0.25, 0.3) is 0 Å². The molecule has 4 fully saturated rings. The lowest BCUT2D eigenvalue weighted by Crippen LogP contribution is -2.55. The molecule has 4 bridgehead atoms. The predicted octanol–water partition coefficient (Wildman–Crippen LogP) is 4.69. The fourth-order valence-electron chi connectivity index (χ4n) is 6.58. The van der Waals surface area contributed by atoms with Crippen LogP contribution >= 0.6 is 0 Å². The number of amides is 1. The Kier molecular flexibility index (Phi) is 5.24. The molecule has 0 saturated heterocycles. The van der Waals surface area contributed by atoms with Crippen molar-refractivity contribution in [3.05, 3.63) is 29.3 Å². The molecule has 4 saturated carbocycles. The van der Waals surface area contributed by atoms with Crippen LogP contribution in [-0.4, -0.2) is 24.8 Å².